The first kappa shape index (κ1) is 12.2. The van der Waals surface area contributed by atoms with Crippen LogP contribution in [0.5, 0.6) is 5.75 Å². The number of fused-ring (bicyclic) bond motifs is 1. The molecule has 0 spiro atoms. The fourth-order valence-electron chi connectivity index (χ4n) is 3.33. The Bertz CT molecular complexity index is 590. The minimum absolute atomic E-state index is 0.341. The molecule has 1 aliphatic carbocycles. The first-order valence-corrected chi connectivity index (χ1v) is 7.72. The molecule has 1 saturated carbocycles. The molecule has 1 aromatic heterocycles. The van der Waals surface area contributed by atoms with Gasteiger partial charge in [0.1, 0.15) is 11.9 Å². The third-order valence-corrected chi connectivity index (χ3v) is 4.72. The average molecular weight is 271 g/mol. The monoisotopic (exact) mass is 271 g/mol. The lowest BCUT2D eigenvalue weighted by Crippen LogP contribution is -2.48. The number of H-pyrrole nitrogens is 1. The lowest BCUT2D eigenvalue weighted by atomic mass is 9.89. The Kier molecular flexibility index (Phi) is 3.11. The van der Waals surface area contributed by atoms with Crippen molar-refractivity contribution in [3.8, 4) is 5.75 Å². The Morgan fingerprint density at radius 3 is 3.00 bits per heavy atom. The van der Waals surface area contributed by atoms with Crippen molar-refractivity contribution in [2.45, 2.75) is 44.2 Å². The number of hydrogen-bond acceptors (Lipinski definition) is 3. The normalized spacial score (nSPS) is 24.7. The molecule has 0 amide bonds. The van der Waals surface area contributed by atoms with Crippen LogP contribution >= 0.6 is 0 Å². The quantitative estimate of drug-likeness (QED) is 0.933. The van der Waals surface area contributed by atoms with Gasteiger partial charge in [0.05, 0.1) is 11.7 Å². The standard InChI is InChI=1S/C16H21N3O/c1-3-13(4-1)19-8-2-5-15(11-19)20-14-6-7-16-12(9-14)10-17-18-16/h6-7,9-10,13,15H,1-5,8,11H2,(H,17,18). The molecule has 1 N–H and O–H groups in total. The highest BCUT2D eigenvalue weighted by atomic mass is 16.5. The maximum absolute atomic E-state index is 6.20. The molecular weight excluding hydrogens is 250 g/mol. The summed E-state index contributed by atoms with van der Waals surface area (Å²) in [6.07, 6.45) is 8.80. The van der Waals surface area contributed by atoms with E-state index in [-0.39, 0.29) is 0 Å². The van der Waals surface area contributed by atoms with Crippen molar-refractivity contribution < 1.29 is 4.74 Å². The molecule has 4 rings (SSSR count). The van der Waals surface area contributed by atoms with Gasteiger partial charge in [0.15, 0.2) is 0 Å². The number of rotatable bonds is 3. The van der Waals surface area contributed by atoms with E-state index in [1.54, 1.807) is 0 Å². The molecule has 4 heteroatoms. The van der Waals surface area contributed by atoms with Crippen LogP contribution in [0.4, 0.5) is 0 Å². The lowest BCUT2D eigenvalue weighted by Gasteiger charge is -2.42. The Morgan fingerprint density at radius 1 is 1.20 bits per heavy atom. The van der Waals surface area contributed by atoms with Crippen molar-refractivity contribution in [3.05, 3.63) is 24.4 Å². The summed E-state index contributed by atoms with van der Waals surface area (Å²) in [5.74, 6) is 0.972. The number of likely N-dealkylation sites (tertiary alicyclic amines) is 1. The number of piperidine rings is 1. The van der Waals surface area contributed by atoms with Crippen LogP contribution in [-0.4, -0.2) is 40.3 Å². The van der Waals surface area contributed by atoms with Gasteiger partial charge < -0.3 is 4.74 Å². The largest absolute Gasteiger partial charge is 0.489 e. The van der Waals surface area contributed by atoms with E-state index in [9.17, 15) is 0 Å². The van der Waals surface area contributed by atoms with Gasteiger partial charge in [0.2, 0.25) is 0 Å². The number of aromatic nitrogens is 2. The number of ether oxygens (including phenoxy) is 1. The topological polar surface area (TPSA) is 41.1 Å². The van der Waals surface area contributed by atoms with Crippen LogP contribution < -0.4 is 4.74 Å². The molecule has 2 heterocycles. The molecule has 106 valence electrons. The zero-order valence-electron chi connectivity index (χ0n) is 11.7. The highest BCUT2D eigenvalue weighted by Crippen LogP contribution is 2.29. The van der Waals surface area contributed by atoms with Crippen LogP contribution in [0.15, 0.2) is 24.4 Å². The minimum Gasteiger partial charge on any atom is -0.489 e. The van der Waals surface area contributed by atoms with E-state index in [1.165, 1.54) is 38.6 Å². The maximum atomic E-state index is 6.20. The van der Waals surface area contributed by atoms with Gasteiger partial charge in [-0.2, -0.15) is 5.10 Å². The Hall–Kier alpha value is -1.55. The molecule has 1 aliphatic heterocycles. The molecule has 1 unspecified atom stereocenters. The number of hydrogen-bond donors (Lipinski definition) is 1. The molecule has 0 bridgehead atoms. The Balaban J connectivity index is 1.44. The van der Waals surface area contributed by atoms with Gasteiger partial charge >= 0.3 is 0 Å². The van der Waals surface area contributed by atoms with Crippen molar-refractivity contribution in [1.29, 1.82) is 0 Å². The summed E-state index contributed by atoms with van der Waals surface area (Å²) in [5, 5.41) is 8.15. The van der Waals surface area contributed by atoms with Crippen LogP contribution in [0.2, 0.25) is 0 Å². The molecule has 1 saturated heterocycles. The highest BCUT2D eigenvalue weighted by molar-refractivity contribution is 5.79. The second-order valence-electron chi connectivity index (χ2n) is 6.08. The maximum Gasteiger partial charge on any atom is 0.120 e. The van der Waals surface area contributed by atoms with Crippen molar-refractivity contribution in [2.75, 3.05) is 13.1 Å². The summed E-state index contributed by atoms with van der Waals surface area (Å²) < 4.78 is 6.20. The summed E-state index contributed by atoms with van der Waals surface area (Å²) in [6, 6.07) is 7.01. The van der Waals surface area contributed by atoms with Crippen molar-refractivity contribution in [3.63, 3.8) is 0 Å². The van der Waals surface area contributed by atoms with Crippen molar-refractivity contribution >= 4 is 10.9 Å². The summed E-state index contributed by atoms with van der Waals surface area (Å²) in [6.45, 7) is 2.35. The second-order valence-corrected chi connectivity index (χ2v) is 6.08. The van der Waals surface area contributed by atoms with Gasteiger partial charge in [-0.1, -0.05) is 6.42 Å². The molecule has 2 fully saturated rings. The van der Waals surface area contributed by atoms with Gasteiger partial charge in [0.25, 0.3) is 0 Å². The van der Waals surface area contributed by atoms with Gasteiger partial charge in [0, 0.05) is 18.0 Å². The van der Waals surface area contributed by atoms with Crippen molar-refractivity contribution in [2.24, 2.45) is 0 Å². The minimum atomic E-state index is 0.341. The lowest BCUT2D eigenvalue weighted by molar-refractivity contribution is 0.0358. The predicted molar refractivity (Wildman–Crippen MR) is 79.0 cm³/mol. The third kappa shape index (κ3) is 2.29. The van der Waals surface area contributed by atoms with Gasteiger partial charge in [-0.3, -0.25) is 10.00 Å². The van der Waals surface area contributed by atoms with Crippen LogP contribution in [0.3, 0.4) is 0 Å². The van der Waals surface area contributed by atoms with Crippen LogP contribution in [-0.2, 0) is 0 Å². The van der Waals surface area contributed by atoms with E-state index in [0.717, 1.165) is 29.2 Å². The van der Waals surface area contributed by atoms with Gasteiger partial charge in [-0.25, -0.2) is 0 Å². The van der Waals surface area contributed by atoms with E-state index in [0.29, 0.717) is 6.10 Å². The van der Waals surface area contributed by atoms with E-state index >= 15 is 0 Å². The SMILES string of the molecule is c1cc2[nH]ncc2cc1OC1CCCN(C2CCC2)C1. The smallest absolute Gasteiger partial charge is 0.120 e. The van der Waals surface area contributed by atoms with Gasteiger partial charge in [-0.15, -0.1) is 0 Å². The summed E-state index contributed by atoms with van der Waals surface area (Å²) >= 11 is 0. The number of nitrogens with zero attached hydrogens (tertiary/aromatic N) is 2. The predicted octanol–water partition coefficient (Wildman–Crippen LogP) is 2.96. The fraction of sp³-hybridized carbons (Fsp3) is 0.562. The molecule has 4 nitrogen and oxygen atoms in total. The summed E-state index contributed by atoms with van der Waals surface area (Å²) in [7, 11) is 0. The first-order valence-electron chi connectivity index (χ1n) is 7.72. The zero-order valence-corrected chi connectivity index (χ0v) is 11.7. The van der Waals surface area contributed by atoms with Crippen molar-refractivity contribution in [1.82, 2.24) is 15.1 Å². The van der Waals surface area contributed by atoms with E-state index in [2.05, 4.69) is 21.2 Å². The van der Waals surface area contributed by atoms with Gasteiger partial charge in [-0.05, 0) is 50.4 Å². The van der Waals surface area contributed by atoms with E-state index in [4.69, 9.17) is 4.74 Å². The van der Waals surface area contributed by atoms with E-state index < -0.39 is 0 Å². The first-order chi connectivity index (χ1) is 9.88. The molecule has 2 aliphatic rings. The average Bonchev–Trinajstić information content (AvgIpc) is 2.84. The van der Waals surface area contributed by atoms with Crippen LogP contribution in [0.1, 0.15) is 32.1 Å². The number of benzene rings is 1. The summed E-state index contributed by atoms with van der Waals surface area (Å²) in [5.41, 5.74) is 1.07. The molecule has 1 atom stereocenters. The third-order valence-electron chi connectivity index (χ3n) is 4.72. The Morgan fingerprint density at radius 2 is 2.15 bits per heavy atom. The summed E-state index contributed by atoms with van der Waals surface area (Å²) in [4.78, 5) is 2.63. The van der Waals surface area contributed by atoms with Crippen LogP contribution in [0.25, 0.3) is 10.9 Å². The molecular formula is C16H21N3O. The van der Waals surface area contributed by atoms with E-state index in [1.807, 2.05) is 18.3 Å². The molecule has 2 aromatic rings. The Labute approximate surface area is 119 Å². The molecule has 0 radical (unpaired) electrons. The number of aromatic amines is 1. The fourth-order valence-corrected chi connectivity index (χ4v) is 3.33. The van der Waals surface area contributed by atoms with Crippen LogP contribution in [0, 0.1) is 0 Å². The zero-order chi connectivity index (χ0) is 13.4. The molecule has 1 aromatic carbocycles. The second kappa shape index (κ2) is 5.09. The molecule has 20 heavy (non-hydrogen) atoms. The number of nitrogens with one attached hydrogen (secondary N) is 1. The highest BCUT2D eigenvalue weighted by Gasteiger charge is 2.30.